The van der Waals surface area contributed by atoms with Crippen molar-refractivity contribution in [3.8, 4) is 0 Å². The second-order valence-corrected chi connectivity index (χ2v) is 6.65. The van der Waals surface area contributed by atoms with Gasteiger partial charge >= 0.3 is 0 Å². The van der Waals surface area contributed by atoms with Gasteiger partial charge in [0, 0.05) is 25.2 Å². The summed E-state index contributed by atoms with van der Waals surface area (Å²) in [4.78, 5) is 28.8. The average molecular weight is 384 g/mol. The first kappa shape index (κ1) is 18.7. The molecule has 27 heavy (non-hydrogen) atoms. The van der Waals surface area contributed by atoms with Crippen molar-refractivity contribution in [1.29, 1.82) is 0 Å². The molecule has 2 heterocycles. The van der Waals surface area contributed by atoms with Gasteiger partial charge in [-0.15, -0.1) is 11.8 Å². The van der Waals surface area contributed by atoms with Crippen LogP contribution in [-0.2, 0) is 12.8 Å². The van der Waals surface area contributed by atoms with Crippen LogP contribution in [0, 0.1) is 5.82 Å². The zero-order valence-corrected chi connectivity index (χ0v) is 15.3. The number of halogens is 1. The Kier molecular flexibility index (Phi) is 5.87. The number of hydrogen-bond donors (Lipinski definition) is 2. The lowest BCUT2D eigenvalue weighted by molar-refractivity contribution is 0.0840. The van der Waals surface area contributed by atoms with E-state index in [9.17, 15) is 14.0 Å². The van der Waals surface area contributed by atoms with Gasteiger partial charge in [-0.2, -0.15) is 0 Å². The lowest BCUT2D eigenvalue weighted by atomic mass is 10.2. The molecule has 0 spiro atoms. The van der Waals surface area contributed by atoms with Gasteiger partial charge in [-0.1, -0.05) is 12.1 Å². The van der Waals surface area contributed by atoms with E-state index in [4.69, 9.17) is 0 Å². The van der Waals surface area contributed by atoms with E-state index < -0.39 is 11.8 Å². The zero-order valence-electron chi connectivity index (χ0n) is 14.5. The minimum atomic E-state index is -0.465. The third kappa shape index (κ3) is 4.73. The number of hydrogen-bond acceptors (Lipinski definition) is 4. The Balaban J connectivity index is 1.64. The van der Waals surface area contributed by atoms with Crippen molar-refractivity contribution in [2.24, 2.45) is 7.05 Å². The Morgan fingerprint density at radius 3 is 2.52 bits per heavy atom. The quantitative estimate of drug-likeness (QED) is 0.524. The van der Waals surface area contributed by atoms with Gasteiger partial charge in [0.2, 0.25) is 0 Å². The van der Waals surface area contributed by atoms with Gasteiger partial charge in [-0.3, -0.25) is 20.4 Å². The van der Waals surface area contributed by atoms with Crippen molar-refractivity contribution >= 4 is 23.6 Å². The van der Waals surface area contributed by atoms with Crippen LogP contribution in [0.25, 0.3) is 0 Å². The Bertz CT molecular complexity index is 956. The minimum Gasteiger partial charge on any atom is -0.347 e. The summed E-state index contributed by atoms with van der Waals surface area (Å²) in [5.41, 5.74) is 6.48. The maximum absolute atomic E-state index is 13.0. The highest BCUT2D eigenvalue weighted by molar-refractivity contribution is 7.98. The number of amides is 2. The SMILES string of the molecule is Cn1cccc1C(=O)NNC(=O)c1cccnc1SCc1ccc(F)cc1. The van der Waals surface area contributed by atoms with Crippen LogP contribution >= 0.6 is 11.8 Å². The molecule has 1 aromatic carbocycles. The molecule has 0 unspecified atom stereocenters. The van der Waals surface area contributed by atoms with Crippen LogP contribution in [0.1, 0.15) is 26.4 Å². The largest absolute Gasteiger partial charge is 0.347 e. The highest BCUT2D eigenvalue weighted by Crippen LogP contribution is 2.24. The molecule has 3 rings (SSSR count). The molecule has 0 fully saturated rings. The van der Waals surface area contributed by atoms with E-state index in [-0.39, 0.29) is 5.82 Å². The minimum absolute atomic E-state index is 0.296. The zero-order chi connectivity index (χ0) is 19.2. The maximum Gasteiger partial charge on any atom is 0.286 e. The Labute approximate surface area is 159 Å². The molecule has 0 radical (unpaired) electrons. The first-order valence-electron chi connectivity index (χ1n) is 8.09. The third-order valence-corrected chi connectivity index (χ3v) is 4.85. The van der Waals surface area contributed by atoms with Crippen LogP contribution in [0.2, 0.25) is 0 Å². The molecule has 8 heteroatoms. The number of nitrogens with one attached hydrogen (secondary N) is 2. The molecule has 0 atom stereocenters. The summed E-state index contributed by atoms with van der Waals surface area (Å²) in [6, 6.07) is 12.8. The fourth-order valence-electron chi connectivity index (χ4n) is 2.35. The molecule has 2 amide bonds. The fourth-order valence-corrected chi connectivity index (χ4v) is 3.30. The summed E-state index contributed by atoms with van der Waals surface area (Å²) in [5.74, 6) is -0.643. The summed E-state index contributed by atoms with van der Waals surface area (Å²) in [7, 11) is 1.74. The van der Waals surface area contributed by atoms with Crippen LogP contribution in [-0.4, -0.2) is 21.4 Å². The molecule has 0 aliphatic rings. The number of aromatic nitrogens is 2. The molecule has 0 saturated heterocycles. The Morgan fingerprint density at radius 1 is 1.07 bits per heavy atom. The summed E-state index contributed by atoms with van der Waals surface area (Å²) in [6.07, 6.45) is 3.33. The number of pyridine rings is 1. The molecule has 0 aliphatic carbocycles. The van der Waals surface area contributed by atoms with Crippen molar-refractivity contribution in [1.82, 2.24) is 20.4 Å². The monoisotopic (exact) mass is 384 g/mol. The van der Waals surface area contributed by atoms with Crippen LogP contribution in [0.4, 0.5) is 4.39 Å². The predicted molar refractivity (Wildman–Crippen MR) is 101 cm³/mol. The van der Waals surface area contributed by atoms with Crippen LogP contribution in [0.3, 0.4) is 0 Å². The van der Waals surface area contributed by atoms with Crippen molar-refractivity contribution in [3.05, 3.63) is 83.6 Å². The van der Waals surface area contributed by atoms with E-state index in [2.05, 4.69) is 15.8 Å². The van der Waals surface area contributed by atoms with E-state index in [1.807, 2.05) is 0 Å². The van der Waals surface area contributed by atoms with Gasteiger partial charge in [0.05, 0.1) is 5.56 Å². The predicted octanol–water partition coefficient (Wildman–Crippen LogP) is 2.93. The molecule has 138 valence electrons. The number of carbonyl (C=O) groups excluding carboxylic acids is 2. The number of nitrogens with zero attached hydrogens (tertiary/aromatic N) is 2. The first-order chi connectivity index (χ1) is 13.0. The van der Waals surface area contributed by atoms with Gasteiger partial charge in [0.25, 0.3) is 11.8 Å². The Hall–Kier alpha value is -3.13. The van der Waals surface area contributed by atoms with Crippen LogP contribution in [0.15, 0.2) is 66.0 Å². The average Bonchev–Trinajstić information content (AvgIpc) is 3.11. The molecular formula is C19H17FN4O2S. The van der Waals surface area contributed by atoms with Gasteiger partial charge in [-0.25, -0.2) is 9.37 Å². The summed E-state index contributed by atoms with van der Waals surface area (Å²) < 4.78 is 14.6. The van der Waals surface area contributed by atoms with Crippen molar-refractivity contribution in [2.75, 3.05) is 0 Å². The molecular weight excluding hydrogens is 367 g/mol. The molecule has 0 saturated carbocycles. The standard InChI is InChI=1S/C19H17FN4O2S/c1-24-11-3-5-16(24)18(26)23-22-17(25)15-4-2-10-21-19(15)27-12-13-6-8-14(20)9-7-13/h2-11H,12H2,1H3,(H,22,25)(H,23,26). The second kappa shape index (κ2) is 8.50. The van der Waals surface area contributed by atoms with Gasteiger partial charge in [0.1, 0.15) is 16.5 Å². The lowest BCUT2D eigenvalue weighted by Crippen LogP contribution is -2.42. The van der Waals surface area contributed by atoms with E-state index in [1.54, 1.807) is 60.4 Å². The highest BCUT2D eigenvalue weighted by Gasteiger charge is 2.15. The van der Waals surface area contributed by atoms with E-state index >= 15 is 0 Å². The van der Waals surface area contributed by atoms with E-state index in [0.29, 0.717) is 22.0 Å². The number of rotatable bonds is 5. The summed E-state index contributed by atoms with van der Waals surface area (Å²) in [6.45, 7) is 0. The van der Waals surface area contributed by atoms with Gasteiger partial charge in [0.15, 0.2) is 0 Å². The fraction of sp³-hybridized carbons (Fsp3) is 0.105. The normalized spacial score (nSPS) is 10.4. The van der Waals surface area contributed by atoms with Crippen LogP contribution in [0.5, 0.6) is 0 Å². The Morgan fingerprint density at radius 2 is 1.81 bits per heavy atom. The molecule has 2 N–H and O–H groups in total. The van der Waals surface area contributed by atoms with Gasteiger partial charge in [-0.05, 0) is 42.0 Å². The molecule has 0 aliphatic heterocycles. The van der Waals surface area contributed by atoms with Crippen LogP contribution < -0.4 is 10.9 Å². The highest BCUT2D eigenvalue weighted by atomic mass is 32.2. The van der Waals surface area contributed by atoms with Gasteiger partial charge < -0.3 is 4.57 Å². The van der Waals surface area contributed by atoms with E-state index in [0.717, 1.165) is 5.56 Å². The smallest absolute Gasteiger partial charge is 0.286 e. The van der Waals surface area contributed by atoms with E-state index in [1.165, 1.54) is 23.9 Å². The van der Waals surface area contributed by atoms with Crippen molar-refractivity contribution < 1.29 is 14.0 Å². The van der Waals surface area contributed by atoms with Crippen molar-refractivity contribution in [3.63, 3.8) is 0 Å². The summed E-state index contributed by atoms with van der Waals surface area (Å²) in [5, 5.41) is 0.521. The number of thioether (sulfide) groups is 1. The first-order valence-corrected chi connectivity index (χ1v) is 9.07. The molecule has 2 aromatic heterocycles. The number of hydrazine groups is 1. The summed E-state index contributed by atoms with van der Waals surface area (Å²) >= 11 is 1.36. The second-order valence-electron chi connectivity index (χ2n) is 5.68. The molecule has 0 bridgehead atoms. The molecule has 3 aromatic rings. The van der Waals surface area contributed by atoms with Crippen molar-refractivity contribution in [2.45, 2.75) is 10.8 Å². The number of benzene rings is 1. The lowest BCUT2D eigenvalue weighted by Gasteiger charge is -2.10. The topological polar surface area (TPSA) is 76.0 Å². The molecule has 6 nitrogen and oxygen atoms in total. The third-order valence-electron chi connectivity index (χ3n) is 3.77. The number of carbonyl (C=O) groups is 2. The number of aryl methyl sites for hydroxylation is 1. The maximum atomic E-state index is 13.0.